The van der Waals surface area contributed by atoms with E-state index >= 15 is 0 Å². The lowest BCUT2D eigenvalue weighted by Crippen LogP contribution is -1.91. The van der Waals surface area contributed by atoms with E-state index in [0.29, 0.717) is 0 Å². The van der Waals surface area contributed by atoms with Gasteiger partial charge in [0, 0.05) is 11.1 Å². The molecule has 0 unspecified atom stereocenters. The van der Waals surface area contributed by atoms with Crippen molar-refractivity contribution in [3.05, 3.63) is 70.5 Å². The number of benzene rings is 2. The van der Waals surface area contributed by atoms with Crippen molar-refractivity contribution >= 4 is 0 Å². The van der Waals surface area contributed by atoms with Gasteiger partial charge < -0.3 is 0 Å². The number of aryl methyl sites for hydroxylation is 1. The Morgan fingerprint density at radius 2 is 1.28 bits per heavy atom. The minimum Gasteiger partial charge on any atom is -0.204 e. The molecular formula is C15H9F3. The molecule has 0 amide bonds. The van der Waals surface area contributed by atoms with E-state index in [0.717, 1.165) is 23.3 Å². The van der Waals surface area contributed by atoms with Crippen LogP contribution in [0.2, 0.25) is 0 Å². The summed E-state index contributed by atoms with van der Waals surface area (Å²) < 4.78 is 38.6. The van der Waals surface area contributed by atoms with Gasteiger partial charge in [0.05, 0.1) is 0 Å². The highest BCUT2D eigenvalue weighted by molar-refractivity contribution is 5.43. The number of halogens is 3. The maximum atomic E-state index is 12.9. The first-order chi connectivity index (χ1) is 8.56. The van der Waals surface area contributed by atoms with Crippen LogP contribution in [0.15, 0.2) is 36.4 Å². The summed E-state index contributed by atoms with van der Waals surface area (Å²) >= 11 is 0. The third kappa shape index (κ3) is 2.72. The molecule has 2 rings (SSSR count). The molecule has 0 fully saturated rings. The van der Waals surface area contributed by atoms with E-state index in [4.69, 9.17) is 0 Å². The molecule has 0 saturated carbocycles. The van der Waals surface area contributed by atoms with Gasteiger partial charge in [0.15, 0.2) is 17.5 Å². The van der Waals surface area contributed by atoms with Gasteiger partial charge in [-0.05, 0) is 31.2 Å². The van der Waals surface area contributed by atoms with E-state index in [2.05, 4.69) is 11.8 Å². The van der Waals surface area contributed by atoms with Gasteiger partial charge in [0.25, 0.3) is 0 Å². The van der Waals surface area contributed by atoms with Gasteiger partial charge in [0.2, 0.25) is 0 Å². The molecule has 0 aliphatic rings. The summed E-state index contributed by atoms with van der Waals surface area (Å²) in [5.74, 6) is 1.41. The van der Waals surface area contributed by atoms with Gasteiger partial charge in [-0.15, -0.1) is 0 Å². The lowest BCUT2D eigenvalue weighted by atomic mass is 10.1. The second-order valence-corrected chi connectivity index (χ2v) is 3.87. The van der Waals surface area contributed by atoms with Gasteiger partial charge in [0.1, 0.15) is 0 Å². The van der Waals surface area contributed by atoms with Crippen LogP contribution in [0.3, 0.4) is 0 Å². The molecule has 90 valence electrons. The number of rotatable bonds is 0. The SMILES string of the molecule is Cc1ccc(C#Cc2cc(F)c(F)c(F)c2)cc1. The molecule has 0 saturated heterocycles. The standard InChI is InChI=1S/C15H9F3/c1-10-2-4-11(5-3-10)6-7-12-8-13(16)15(18)14(17)9-12/h2-5,8-9H,1H3. The van der Waals surface area contributed by atoms with Crippen LogP contribution >= 0.6 is 0 Å². The molecule has 0 N–H and O–H groups in total. The Kier molecular flexibility index (Phi) is 3.38. The predicted octanol–water partition coefficient (Wildman–Crippen LogP) is 3.81. The second kappa shape index (κ2) is 4.97. The molecule has 0 nitrogen and oxygen atoms in total. The minimum atomic E-state index is -1.48. The quantitative estimate of drug-likeness (QED) is 0.489. The van der Waals surface area contributed by atoms with Crippen LogP contribution in [0.1, 0.15) is 16.7 Å². The lowest BCUT2D eigenvalue weighted by Gasteiger charge is -1.96. The Bertz CT molecular complexity index is 608. The fourth-order valence-electron chi connectivity index (χ4n) is 1.41. The fourth-order valence-corrected chi connectivity index (χ4v) is 1.41. The molecule has 0 radical (unpaired) electrons. The lowest BCUT2D eigenvalue weighted by molar-refractivity contribution is 0.446. The van der Waals surface area contributed by atoms with Crippen LogP contribution < -0.4 is 0 Å². The van der Waals surface area contributed by atoms with Crippen LogP contribution in [-0.4, -0.2) is 0 Å². The summed E-state index contributed by atoms with van der Waals surface area (Å²) in [6.45, 7) is 1.95. The van der Waals surface area contributed by atoms with E-state index < -0.39 is 17.5 Å². The maximum Gasteiger partial charge on any atom is 0.194 e. The van der Waals surface area contributed by atoms with E-state index in [1.165, 1.54) is 0 Å². The van der Waals surface area contributed by atoms with Crippen LogP contribution in [-0.2, 0) is 0 Å². The molecule has 0 aromatic heterocycles. The number of hydrogen-bond donors (Lipinski definition) is 0. The van der Waals surface area contributed by atoms with E-state index in [-0.39, 0.29) is 5.56 Å². The van der Waals surface area contributed by atoms with E-state index in [9.17, 15) is 13.2 Å². The van der Waals surface area contributed by atoms with Crippen LogP contribution in [0, 0.1) is 36.2 Å². The van der Waals surface area contributed by atoms with Gasteiger partial charge in [-0.3, -0.25) is 0 Å². The zero-order valence-corrected chi connectivity index (χ0v) is 9.60. The highest BCUT2D eigenvalue weighted by Crippen LogP contribution is 2.13. The molecule has 3 heteroatoms. The fraction of sp³-hybridized carbons (Fsp3) is 0.0667. The molecule has 0 bridgehead atoms. The third-order valence-corrected chi connectivity index (χ3v) is 2.39. The Balaban J connectivity index is 2.33. The molecule has 0 aliphatic heterocycles. The normalized spacial score (nSPS) is 9.78. The summed E-state index contributed by atoms with van der Waals surface area (Å²) in [4.78, 5) is 0. The first kappa shape index (κ1) is 12.3. The third-order valence-electron chi connectivity index (χ3n) is 2.39. The van der Waals surface area contributed by atoms with Crippen LogP contribution in [0.25, 0.3) is 0 Å². The molecule has 2 aromatic rings. The minimum absolute atomic E-state index is 0.104. The highest BCUT2D eigenvalue weighted by Gasteiger charge is 2.08. The Morgan fingerprint density at radius 3 is 1.83 bits per heavy atom. The predicted molar refractivity (Wildman–Crippen MR) is 63.5 cm³/mol. The smallest absolute Gasteiger partial charge is 0.194 e. The van der Waals surface area contributed by atoms with Gasteiger partial charge in [-0.25, -0.2) is 13.2 Å². The van der Waals surface area contributed by atoms with Gasteiger partial charge in [-0.1, -0.05) is 29.5 Å². The van der Waals surface area contributed by atoms with Gasteiger partial charge >= 0.3 is 0 Å². The molecule has 0 heterocycles. The van der Waals surface area contributed by atoms with Crippen molar-refractivity contribution in [3.8, 4) is 11.8 Å². The van der Waals surface area contributed by atoms with Crippen molar-refractivity contribution in [2.45, 2.75) is 6.92 Å². The molecular weight excluding hydrogens is 237 g/mol. The summed E-state index contributed by atoms with van der Waals surface area (Å²) in [5.41, 5.74) is 1.93. The van der Waals surface area contributed by atoms with Crippen molar-refractivity contribution in [3.63, 3.8) is 0 Å². The first-order valence-corrected chi connectivity index (χ1v) is 5.29. The molecule has 0 spiro atoms. The van der Waals surface area contributed by atoms with E-state index in [1.807, 2.05) is 19.1 Å². The zero-order valence-electron chi connectivity index (χ0n) is 9.60. The average Bonchev–Trinajstić information content (AvgIpc) is 2.35. The van der Waals surface area contributed by atoms with Crippen molar-refractivity contribution in [2.24, 2.45) is 0 Å². The first-order valence-electron chi connectivity index (χ1n) is 5.29. The number of hydrogen-bond acceptors (Lipinski definition) is 0. The summed E-state index contributed by atoms with van der Waals surface area (Å²) in [5, 5.41) is 0. The topological polar surface area (TPSA) is 0 Å². The average molecular weight is 246 g/mol. The maximum absolute atomic E-state index is 12.9. The van der Waals surface area contributed by atoms with Crippen molar-refractivity contribution < 1.29 is 13.2 Å². The second-order valence-electron chi connectivity index (χ2n) is 3.87. The van der Waals surface area contributed by atoms with Gasteiger partial charge in [-0.2, -0.15) is 0 Å². The summed E-state index contributed by atoms with van der Waals surface area (Å²) in [6.07, 6.45) is 0. The zero-order chi connectivity index (χ0) is 13.1. The molecule has 18 heavy (non-hydrogen) atoms. The molecule has 2 aromatic carbocycles. The van der Waals surface area contributed by atoms with Crippen LogP contribution in [0.4, 0.5) is 13.2 Å². The molecule has 0 atom stereocenters. The molecule has 0 aliphatic carbocycles. The highest BCUT2D eigenvalue weighted by atomic mass is 19.2. The van der Waals surface area contributed by atoms with E-state index in [1.54, 1.807) is 12.1 Å². The summed E-state index contributed by atoms with van der Waals surface area (Å²) in [6, 6.07) is 9.13. The van der Waals surface area contributed by atoms with Crippen LogP contribution in [0.5, 0.6) is 0 Å². The monoisotopic (exact) mass is 246 g/mol. The van der Waals surface area contributed by atoms with Crippen molar-refractivity contribution in [2.75, 3.05) is 0 Å². The Morgan fingerprint density at radius 1 is 0.778 bits per heavy atom. The Labute approximate surface area is 103 Å². The Hall–Kier alpha value is -2.21. The van der Waals surface area contributed by atoms with Crippen molar-refractivity contribution in [1.29, 1.82) is 0 Å². The largest absolute Gasteiger partial charge is 0.204 e. The van der Waals surface area contributed by atoms with Crippen molar-refractivity contribution in [1.82, 2.24) is 0 Å². The summed E-state index contributed by atoms with van der Waals surface area (Å²) in [7, 11) is 0.